The average Bonchev–Trinajstić information content (AvgIpc) is 2.26. The lowest BCUT2D eigenvalue weighted by atomic mass is 10.0. The highest BCUT2D eigenvalue weighted by atomic mass is 35.5. The van der Waals surface area contributed by atoms with E-state index in [0.717, 1.165) is 6.20 Å². The minimum absolute atomic E-state index is 0.131. The second kappa shape index (κ2) is 4.92. The van der Waals surface area contributed by atoms with Crippen molar-refractivity contribution in [1.29, 1.82) is 0 Å². The first-order valence-electron chi connectivity index (χ1n) is 4.82. The van der Waals surface area contributed by atoms with Gasteiger partial charge in [-0.3, -0.25) is 4.98 Å². The number of benzene rings is 1. The summed E-state index contributed by atoms with van der Waals surface area (Å²) in [7, 11) is 0. The minimum Gasteiger partial charge on any atom is -0.478 e. The van der Waals surface area contributed by atoms with E-state index < -0.39 is 17.3 Å². The molecule has 0 fully saturated rings. The molecule has 0 atom stereocenters. The number of carboxylic acid groups (broad SMARTS) is 1. The highest BCUT2D eigenvalue weighted by Gasteiger charge is 2.18. The van der Waals surface area contributed by atoms with E-state index in [1.165, 1.54) is 24.4 Å². The van der Waals surface area contributed by atoms with E-state index in [2.05, 4.69) is 4.98 Å². The number of pyridine rings is 1. The van der Waals surface area contributed by atoms with Crippen molar-refractivity contribution in [2.75, 3.05) is 0 Å². The third kappa shape index (κ3) is 2.44. The van der Waals surface area contributed by atoms with Crippen LogP contribution in [0.2, 0.25) is 10.0 Å². The fourth-order valence-electron chi connectivity index (χ4n) is 1.58. The van der Waals surface area contributed by atoms with Crippen LogP contribution in [0.15, 0.2) is 30.6 Å². The summed E-state index contributed by atoms with van der Waals surface area (Å²) in [6.45, 7) is 0. The first-order valence-corrected chi connectivity index (χ1v) is 5.58. The van der Waals surface area contributed by atoms with Crippen LogP contribution in [-0.4, -0.2) is 16.1 Å². The van der Waals surface area contributed by atoms with Crippen LogP contribution >= 0.6 is 23.2 Å². The molecule has 18 heavy (non-hydrogen) atoms. The second-order valence-electron chi connectivity index (χ2n) is 3.51. The van der Waals surface area contributed by atoms with E-state index in [1.807, 2.05) is 0 Å². The maximum atomic E-state index is 13.5. The van der Waals surface area contributed by atoms with Gasteiger partial charge in [-0.25, -0.2) is 9.18 Å². The standard InChI is InChI=1S/C12H6Cl2FNO2/c13-7-1-6(2-8(14)3-7)9-4-16-5-10(15)11(9)12(17)18/h1-5H,(H,17,18). The van der Waals surface area contributed by atoms with Gasteiger partial charge in [0.05, 0.1) is 6.20 Å². The van der Waals surface area contributed by atoms with Crippen LogP contribution in [0.3, 0.4) is 0 Å². The lowest BCUT2D eigenvalue weighted by Gasteiger charge is -2.07. The Morgan fingerprint density at radius 2 is 1.78 bits per heavy atom. The van der Waals surface area contributed by atoms with E-state index in [9.17, 15) is 9.18 Å². The molecule has 0 amide bonds. The smallest absolute Gasteiger partial charge is 0.339 e. The molecule has 0 aliphatic heterocycles. The molecule has 0 radical (unpaired) electrons. The molecule has 2 aromatic rings. The van der Waals surface area contributed by atoms with E-state index in [4.69, 9.17) is 28.3 Å². The molecule has 0 aliphatic rings. The zero-order valence-corrected chi connectivity index (χ0v) is 10.3. The Balaban J connectivity index is 2.71. The molecule has 3 nitrogen and oxygen atoms in total. The molecule has 92 valence electrons. The third-order valence-electron chi connectivity index (χ3n) is 2.29. The summed E-state index contributed by atoms with van der Waals surface area (Å²) in [6.07, 6.45) is 2.10. The maximum Gasteiger partial charge on any atom is 0.339 e. The lowest BCUT2D eigenvalue weighted by Crippen LogP contribution is -2.04. The number of carbonyl (C=O) groups is 1. The van der Waals surface area contributed by atoms with Crippen LogP contribution < -0.4 is 0 Å². The highest BCUT2D eigenvalue weighted by Crippen LogP contribution is 2.30. The van der Waals surface area contributed by atoms with Crippen molar-refractivity contribution < 1.29 is 14.3 Å². The summed E-state index contributed by atoms with van der Waals surface area (Å²) in [5.74, 6) is -2.28. The lowest BCUT2D eigenvalue weighted by molar-refractivity contribution is 0.0692. The van der Waals surface area contributed by atoms with Crippen molar-refractivity contribution in [3.05, 3.63) is 52.0 Å². The van der Waals surface area contributed by atoms with E-state index in [1.54, 1.807) is 0 Å². The summed E-state index contributed by atoms with van der Waals surface area (Å²) in [5.41, 5.74) is 0.0760. The zero-order chi connectivity index (χ0) is 13.3. The van der Waals surface area contributed by atoms with Gasteiger partial charge in [0.2, 0.25) is 0 Å². The Kier molecular flexibility index (Phi) is 3.50. The molecule has 0 aliphatic carbocycles. The van der Waals surface area contributed by atoms with Gasteiger partial charge in [-0.1, -0.05) is 23.2 Å². The van der Waals surface area contributed by atoms with Crippen molar-refractivity contribution in [3.8, 4) is 11.1 Å². The fraction of sp³-hybridized carbons (Fsp3) is 0. The molecule has 6 heteroatoms. The van der Waals surface area contributed by atoms with Gasteiger partial charge in [0.25, 0.3) is 0 Å². The van der Waals surface area contributed by atoms with E-state index in [-0.39, 0.29) is 5.56 Å². The topological polar surface area (TPSA) is 50.2 Å². The number of hydrogen-bond donors (Lipinski definition) is 1. The van der Waals surface area contributed by atoms with Crippen molar-refractivity contribution in [1.82, 2.24) is 4.98 Å². The molecule has 0 unspecified atom stereocenters. The molecule has 1 aromatic heterocycles. The van der Waals surface area contributed by atoms with Crippen LogP contribution in [0.1, 0.15) is 10.4 Å². The molecule has 0 saturated heterocycles. The van der Waals surface area contributed by atoms with Crippen LogP contribution in [0.5, 0.6) is 0 Å². The highest BCUT2D eigenvalue weighted by molar-refractivity contribution is 6.35. The van der Waals surface area contributed by atoms with Gasteiger partial charge >= 0.3 is 5.97 Å². The molecular weight excluding hydrogens is 280 g/mol. The van der Waals surface area contributed by atoms with Gasteiger partial charge in [-0.2, -0.15) is 0 Å². The van der Waals surface area contributed by atoms with E-state index >= 15 is 0 Å². The summed E-state index contributed by atoms with van der Waals surface area (Å²) in [4.78, 5) is 14.7. The Morgan fingerprint density at radius 1 is 1.17 bits per heavy atom. The number of aromatic nitrogens is 1. The van der Waals surface area contributed by atoms with Crippen molar-refractivity contribution in [2.24, 2.45) is 0 Å². The van der Waals surface area contributed by atoms with Crippen molar-refractivity contribution in [2.45, 2.75) is 0 Å². The molecule has 1 heterocycles. The number of carboxylic acids is 1. The quantitative estimate of drug-likeness (QED) is 0.911. The first-order chi connectivity index (χ1) is 8.49. The number of rotatable bonds is 2. The van der Waals surface area contributed by atoms with Crippen LogP contribution in [-0.2, 0) is 0 Å². The van der Waals surface area contributed by atoms with Gasteiger partial charge < -0.3 is 5.11 Å². The summed E-state index contributed by atoms with van der Waals surface area (Å²) in [5, 5.41) is 9.68. The summed E-state index contributed by atoms with van der Waals surface area (Å²) >= 11 is 11.7. The van der Waals surface area contributed by atoms with Gasteiger partial charge in [-0.05, 0) is 23.8 Å². The maximum absolute atomic E-state index is 13.5. The SMILES string of the molecule is O=C(O)c1c(F)cncc1-c1cc(Cl)cc(Cl)c1. The summed E-state index contributed by atoms with van der Waals surface area (Å²) in [6, 6.07) is 4.49. The van der Waals surface area contributed by atoms with Gasteiger partial charge in [0.1, 0.15) is 5.56 Å². The minimum atomic E-state index is -1.37. The normalized spacial score (nSPS) is 10.4. The Hall–Kier alpha value is -1.65. The molecule has 0 spiro atoms. The number of aromatic carboxylic acids is 1. The predicted molar refractivity (Wildman–Crippen MR) is 66.6 cm³/mol. The first kappa shape index (κ1) is 12.8. The summed E-state index contributed by atoms with van der Waals surface area (Å²) < 4.78 is 13.5. The molecule has 1 aromatic carbocycles. The monoisotopic (exact) mass is 285 g/mol. The van der Waals surface area contributed by atoms with E-state index in [0.29, 0.717) is 15.6 Å². The average molecular weight is 286 g/mol. The second-order valence-corrected chi connectivity index (χ2v) is 4.38. The van der Waals surface area contributed by atoms with Crippen molar-refractivity contribution >= 4 is 29.2 Å². The third-order valence-corrected chi connectivity index (χ3v) is 2.72. The fourth-order valence-corrected chi connectivity index (χ4v) is 2.11. The number of halogens is 3. The van der Waals surface area contributed by atoms with Crippen LogP contribution in [0.25, 0.3) is 11.1 Å². The zero-order valence-electron chi connectivity index (χ0n) is 8.82. The molecule has 1 N–H and O–H groups in total. The number of nitrogens with zero attached hydrogens (tertiary/aromatic N) is 1. The van der Waals surface area contributed by atoms with Crippen LogP contribution in [0, 0.1) is 5.82 Å². The molecule has 2 rings (SSSR count). The molecule has 0 bridgehead atoms. The van der Waals surface area contributed by atoms with Gasteiger partial charge in [0.15, 0.2) is 5.82 Å². The van der Waals surface area contributed by atoms with Crippen LogP contribution in [0.4, 0.5) is 4.39 Å². The Labute approximate surface area is 112 Å². The molecular formula is C12H6Cl2FNO2. The van der Waals surface area contributed by atoms with Crippen molar-refractivity contribution in [3.63, 3.8) is 0 Å². The Morgan fingerprint density at radius 3 is 2.33 bits per heavy atom. The van der Waals surface area contributed by atoms with Gasteiger partial charge in [0, 0.05) is 21.8 Å². The predicted octanol–water partition coefficient (Wildman–Crippen LogP) is 3.89. The Bertz CT molecular complexity index is 611. The number of hydrogen-bond acceptors (Lipinski definition) is 2. The molecule has 0 saturated carbocycles. The van der Waals surface area contributed by atoms with Gasteiger partial charge in [-0.15, -0.1) is 0 Å². The largest absolute Gasteiger partial charge is 0.478 e.